The van der Waals surface area contributed by atoms with Gasteiger partial charge in [0.25, 0.3) is 5.90 Å². The molecule has 1 amide bonds. The molecule has 5 heteroatoms. The predicted octanol–water partition coefficient (Wildman–Crippen LogP) is 2.44. The van der Waals surface area contributed by atoms with Crippen LogP contribution in [-0.2, 0) is 14.3 Å². The fraction of sp³-hybridized carbons (Fsp3) is 0.882. The van der Waals surface area contributed by atoms with E-state index in [2.05, 4.69) is 10.3 Å². The van der Waals surface area contributed by atoms with Gasteiger partial charge < -0.3 is 14.8 Å². The minimum Gasteiger partial charge on any atom is -0.468 e. The molecule has 2 aliphatic carbocycles. The highest BCUT2D eigenvalue weighted by atomic mass is 16.5. The molecule has 2 atom stereocenters. The lowest BCUT2D eigenvalue weighted by molar-refractivity contribution is -0.116. The Hall–Kier alpha value is -1.10. The molecular weight excluding hydrogens is 280 g/mol. The van der Waals surface area contributed by atoms with Gasteiger partial charge in [0.15, 0.2) is 0 Å². The van der Waals surface area contributed by atoms with Gasteiger partial charge in [0.05, 0.1) is 12.6 Å². The number of amides is 1. The van der Waals surface area contributed by atoms with E-state index in [1.807, 2.05) is 0 Å². The molecule has 0 bridgehead atoms. The van der Waals surface area contributed by atoms with Crippen molar-refractivity contribution < 1.29 is 14.3 Å². The Morgan fingerprint density at radius 3 is 2.73 bits per heavy atom. The van der Waals surface area contributed by atoms with E-state index in [9.17, 15) is 4.79 Å². The smallest absolute Gasteiger partial charge is 0.306 e. The number of nitrogens with zero attached hydrogens (tertiary/aromatic N) is 1. The van der Waals surface area contributed by atoms with Gasteiger partial charge in [0.2, 0.25) is 0 Å². The second-order valence-electron chi connectivity index (χ2n) is 6.78. The summed E-state index contributed by atoms with van der Waals surface area (Å²) < 4.78 is 11.4. The van der Waals surface area contributed by atoms with Gasteiger partial charge in [-0.3, -0.25) is 4.79 Å². The van der Waals surface area contributed by atoms with E-state index in [0.717, 1.165) is 25.4 Å². The van der Waals surface area contributed by atoms with Crippen LogP contribution in [0.5, 0.6) is 0 Å². The molecule has 1 aliphatic heterocycles. The quantitative estimate of drug-likeness (QED) is 0.767. The van der Waals surface area contributed by atoms with E-state index >= 15 is 0 Å². The average molecular weight is 308 g/mol. The zero-order chi connectivity index (χ0) is 15.2. The maximum atomic E-state index is 12.0. The number of fused-ring (bicyclic) bond motifs is 1. The molecule has 2 fully saturated rings. The van der Waals surface area contributed by atoms with Gasteiger partial charge in [0.1, 0.15) is 6.10 Å². The number of nitrogens with one attached hydrogen (secondary N) is 1. The molecule has 5 nitrogen and oxygen atoms in total. The van der Waals surface area contributed by atoms with Crippen molar-refractivity contribution in [2.75, 3.05) is 19.8 Å². The molecule has 22 heavy (non-hydrogen) atoms. The first-order valence-corrected chi connectivity index (χ1v) is 8.93. The lowest BCUT2D eigenvalue weighted by Crippen LogP contribution is -2.35. The zero-order valence-electron chi connectivity index (χ0n) is 13.4. The Bertz CT molecular complexity index is 405. The number of carbonyl (C=O) groups excluding carboxylic acids is 1. The summed E-state index contributed by atoms with van der Waals surface area (Å²) in [5.41, 5.74) is 0. The Morgan fingerprint density at radius 2 is 1.91 bits per heavy atom. The molecule has 0 radical (unpaired) electrons. The second-order valence-corrected chi connectivity index (χ2v) is 6.78. The van der Waals surface area contributed by atoms with Crippen LogP contribution in [0.3, 0.4) is 0 Å². The van der Waals surface area contributed by atoms with Crippen LogP contribution < -0.4 is 5.32 Å². The standard InChI is InChI=1S/C17H28N2O3/c20-16(17-19-14-8-4-5-9-15(14)22-17)18-10-11-21-12-13-6-2-1-3-7-13/h13-15H,1-12H2,(H,18,20). The van der Waals surface area contributed by atoms with Gasteiger partial charge in [0, 0.05) is 13.2 Å². The minimum absolute atomic E-state index is 0.136. The number of carbonyl (C=O) groups is 1. The molecule has 0 aromatic rings. The highest BCUT2D eigenvalue weighted by Gasteiger charge is 2.35. The number of aliphatic imine (C=N–C) groups is 1. The topological polar surface area (TPSA) is 59.9 Å². The highest BCUT2D eigenvalue weighted by Crippen LogP contribution is 2.28. The molecule has 0 aromatic heterocycles. The average Bonchev–Trinajstić information content (AvgIpc) is 2.99. The van der Waals surface area contributed by atoms with Crippen LogP contribution in [0.2, 0.25) is 0 Å². The summed E-state index contributed by atoms with van der Waals surface area (Å²) in [6.07, 6.45) is 11.2. The van der Waals surface area contributed by atoms with Gasteiger partial charge in [-0.2, -0.15) is 0 Å². The SMILES string of the molecule is O=C(NCCOCC1CCCCC1)C1=NC2CCCCC2O1. The van der Waals surface area contributed by atoms with Crippen molar-refractivity contribution in [1.29, 1.82) is 0 Å². The number of rotatable bonds is 6. The molecule has 3 aliphatic rings. The molecule has 0 saturated heterocycles. The van der Waals surface area contributed by atoms with Crippen LogP contribution in [-0.4, -0.2) is 43.7 Å². The highest BCUT2D eigenvalue weighted by molar-refractivity contribution is 6.35. The first kappa shape index (κ1) is 15.8. The Morgan fingerprint density at radius 1 is 1.14 bits per heavy atom. The van der Waals surface area contributed by atoms with E-state index in [4.69, 9.17) is 9.47 Å². The van der Waals surface area contributed by atoms with Gasteiger partial charge in [-0.15, -0.1) is 0 Å². The van der Waals surface area contributed by atoms with Crippen molar-refractivity contribution in [3.63, 3.8) is 0 Å². The Kier molecular flexibility index (Phi) is 5.70. The van der Waals surface area contributed by atoms with E-state index < -0.39 is 0 Å². The van der Waals surface area contributed by atoms with Crippen LogP contribution in [0.1, 0.15) is 57.8 Å². The summed E-state index contributed by atoms with van der Waals surface area (Å²) in [7, 11) is 0. The van der Waals surface area contributed by atoms with Crippen LogP contribution in [0.25, 0.3) is 0 Å². The molecule has 2 unspecified atom stereocenters. The normalized spacial score (nSPS) is 28.6. The van der Waals surface area contributed by atoms with Crippen LogP contribution in [0, 0.1) is 5.92 Å². The van der Waals surface area contributed by atoms with Gasteiger partial charge >= 0.3 is 5.91 Å². The molecule has 1 heterocycles. The number of hydrogen-bond donors (Lipinski definition) is 1. The van der Waals surface area contributed by atoms with Crippen molar-refractivity contribution in [1.82, 2.24) is 5.32 Å². The number of hydrogen-bond acceptors (Lipinski definition) is 4. The fourth-order valence-corrected chi connectivity index (χ4v) is 3.72. The lowest BCUT2D eigenvalue weighted by Gasteiger charge is -2.21. The Labute approximate surface area is 132 Å². The first-order valence-electron chi connectivity index (χ1n) is 8.93. The zero-order valence-corrected chi connectivity index (χ0v) is 13.4. The summed E-state index contributed by atoms with van der Waals surface area (Å²) in [5.74, 6) is 0.815. The lowest BCUT2D eigenvalue weighted by atomic mass is 9.90. The van der Waals surface area contributed by atoms with Gasteiger partial charge in [-0.25, -0.2) is 4.99 Å². The molecule has 1 N–H and O–H groups in total. The van der Waals surface area contributed by atoms with Crippen molar-refractivity contribution in [2.45, 2.75) is 69.9 Å². The van der Waals surface area contributed by atoms with E-state index in [1.165, 1.54) is 44.9 Å². The largest absolute Gasteiger partial charge is 0.468 e. The summed E-state index contributed by atoms with van der Waals surface area (Å²) in [6.45, 7) is 1.93. The fourth-order valence-electron chi connectivity index (χ4n) is 3.72. The minimum atomic E-state index is -0.185. The first-order chi connectivity index (χ1) is 10.8. The van der Waals surface area contributed by atoms with Crippen LogP contribution in [0.4, 0.5) is 0 Å². The third-order valence-electron chi connectivity index (χ3n) is 5.02. The maximum Gasteiger partial charge on any atom is 0.306 e. The third-order valence-corrected chi connectivity index (χ3v) is 5.02. The summed E-state index contributed by atoms with van der Waals surface area (Å²) in [5, 5.41) is 2.85. The van der Waals surface area contributed by atoms with Crippen molar-refractivity contribution in [3.05, 3.63) is 0 Å². The van der Waals surface area contributed by atoms with Crippen molar-refractivity contribution in [3.8, 4) is 0 Å². The molecule has 0 aromatic carbocycles. The number of ether oxygens (including phenoxy) is 2. The van der Waals surface area contributed by atoms with Gasteiger partial charge in [-0.1, -0.05) is 25.7 Å². The predicted molar refractivity (Wildman–Crippen MR) is 85.0 cm³/mol. The molecular formula is C17H28N2O3. The molecule has 124 valence electrons. The van der Waals surface area contributed by atoms with Gasteiger partial charge in [-0.05, 0) is 38.0 Å². The molecule has 3 rings (SSSR count). The van der Waals surface area contributed by atoms with E-state index in [1.54, 1.807) is 0 Å². The van der Waals surface area contributed by atoms with E-state index in [-0.39, 0.29) is 24.0 Å². The summed E-state index contributed by atoms with van der Waals surface area (Å²) in [4.78, 5) is 16.5. The van der Waals surface area contributed by atoms with E-state index in [0.29, 0.717) is 13.2 Å². The van der Waals surface area contributed by atoms with Crippen LogP contribution in [0.15, 0.2) is 4.99 Å². The van der Waals surface area contributed by atoms with Crippen molar-refractivity contribution >= 4 is 11.8 Å². The summed E-state index contributed by atoms with van der Waals surface area (Å²) in [6, 6.07) is 0.206. The van der Waals surface area contributed by atoms with Crippen LogP contribution >= 0.6 is 0 Å². The summed E-state index contributed by atoms with van der Waals surface area (Å²) >= 11 is 0. The second kappa shape index (κ2) is 7.95. The Balaban J connectivity index is 1.29. The molecule has 0 spiro atoms. The van der Waals surface area contributed by atoms with Crippen molar-refractivity contribution in [2.24, 2.45) is 10.9 Å². The monoisotopic (exact) mass is 308 g/mol. The molecule has 2 saturated carbocycles. The maximum absolute atomic E-state index is 12.0. The third kappa shape index (κ3) is 4.22.